The van der Waals surface area contributed by atoms with Crippen molar-refractivity contribution in [2.45, 2.75) is 19.4 Å². The van der Waals surface area contributed by atoms with E-state index >= 15 is 0 Å². The molecule has 0 saturated carbocycles. The highest BCUT2D eigenvalue weighted by atomic mass is 127. The maximum Gasteiger partial charge on any atom is 0.191 e. The molecule has 158 valence electrons. The largest absolute Gasteiger partial charge is 0.369 e. The van der Waals surface area contributed by atoms with Crippen molar-refractivity contribution >= 4 is 45.5 Å². The first-order valence-corrected chi connectivity index (χ1v) is 11.5. The van der Waals surface area contributed by atoms with Gasteiger partial charge in [0.15, 0.2) is 15.8 Å². The quantitative estimate of drug-likeness (QED) is 0.343. The highest BCUT2D eigenvalue weighted by Crippen LogP contribution is 2.20. The molecule has 1 aromatic rings. The Balaban J connectivity index is 0.00000280. The molecule has 0 amide bonds. The van der Waals surface area contributed by atoms with Crippen molar-refractivity contribution in [1.29, 1.82) is 0 Å². The van der Waals surface area contributed by atoms with Gasteiger partial charge in [0.2, 0.25) is 0 Å². The lowest BCUT2D eigenvalue weighted by Gasteiger charge is -2.27. The minimum atomic E-state index is -2.81. The first-order chi connectivity index (χ1) is 12.9. The van der Waals surface area contributed by atoms with Gasteiger partial charge in [-0.2, -0.15) is 0 Å². The predicted molar refractivity (Wildman–Crippen MR) is 127 cm³/mol. The zero-order valence-corrected chi connectivity index (χ0v) is 19.9. The molecule has 0 bridgehead atoms. The van der Waals surface area contributed by atoms with Gasteiger partial charge in [-0.3, -0.25) is 9.89 Å². The summed E-state index contributed by atoms with van der Waals surface area (Å²) in [4.78, 5) is 8.92. The topological polar surface area (TPSA) is 77.0 Å². The number of anilines is 1. The molecule has 2 fully saturated rings. The summed E-state index contributed by atoms with van der Waals surface area (Å²) >= 11 is 0. The van der Waals surface area contributed by atoms with Crippen molar-refractivity contribution < 1.29 is 8.42 Å². The van der Waals surface area contributed by atoms with Crippen LogP contribution in [0.4, 0.5) is 5.69 Å². The Morgan fingerprint density at radius 1 is 1.18 bits per heavy atom. The molecule has 7 nitrogen and oxygen atoms in total. The van der Waals surface area contributed by atoms with Crippen LogP contribution in [0.2, 0.25) is 0 Å². The molecule has 3 rings (SSSR count). The van der Waals surface area contributed by atoms with E-state index in [1.165, 1.54) is 11.3 Å². The van der Waals surface area contributed by atoms with E-state index in [4.69, 9.17) is 0 Å². The maximum atomic E-state index is 11.5. The Kier molecular flexibility index (Phi) is 8.81. The van der Waals surface area contributed by atoms with Gasteiger partial charge in [-0.1, -0.05) is 17.7 Å². The number of sulfone groups is 1. The molecule has 0 aliphatic carbocycles. The van der Waals surface area contributed by atoms with Gasteiger partial charge in [0.25, 0.3) is 0 Å². The third-order valence-corrected chi connectivity index (χ3v) is 6.92. The molecule has 0 aromatic heterocycles. The number of nitrogens with zero attached hydrogens (tertiary/aromatic N) is 3. The fraction of sp³-hybridized carbons (Fsp3) is 0.632. The highest BCUT2D eigenvalue weighted by molar-refractivity contribution is 14.0. The van der Waals surface area contributed by atoms with Gasteiger partial charge >= 0.3 is 0 Å². The summed E-state index contributed by atoms with van der Waals surface area (Å²) < 4.78 is 23.0. The normalized spacial score (nSPS) is 22.6. The zero-order chi connectivity index (χ0) is 19.3. The summed E-state index contributed by atoms with van der Waals surface area (Å²) in [5.74, 6) is 1.36. The van der Waals surface area contributed by atoms with E-state index in [1.807, 2.05) is 0 Å². The second kappa shape index (κ2) is 10.6. The molecular formula is C19H32IN5O2S. The Bertz CT molecular complexity index is 740. The van der Waals surface area contributed by atoms with Gasteiger partial charge in [0, 0.05) is 58.0 Å². The predicted octanol–water partition coefficient (Wildman–Crippen LogP) is 1.09. The van der Waals surface area contributed by atoms with E-state index < -0.39 is 9.84 Å². The van der Waals surface area contributed by atoms with Crippen molar-refractivity contribution in [2.75, 3.05) is 62.7 Å². The van der Waals surface area contributed by atoms with Crippen LogP contribution in [0.3, 0.4) is 0 Å². The Morgan fingerprint density at radius 3 is 2.50 bits per heavy atom. The third kappa shape index (κ3) is 6.77. The summed E-state index contributed by atoms with van der Waals surface area (Å²) in [6, 6.07) is 9.05. The lowest BCUT2D eigenvalue weighted by atomic mass is 10.2. The smallest absolute Gasteiger partial charge is 0.191 e. The van der Waals surface area contributed by atoms with Crippen LogP contribution in [0.25, 0.3) is 0 Å². The maximum absolute atomic E-state index is 11.5. The van der Waals surface area contributed by atoms with E-state index in [0.29, 0.717) is 19.1 Å². The van der Waals surface area contributed by atoms with Crippen LogP contribution in [-0.2, 0) is 9.84 Å². The van der Waals surface area contributed by atoms with Gasteiger partial charge in [-0.05, 0) is 25.5 Å². The van der Waals surface area contributed by atoms with Gasteiger partial charge in [-0.25, -0.2) is 8.42 Å². The molecule has 2 N–H and O–H groups in total. The number of halogens is 1. The van der Waals surface area contributed by atoms with Gasteiger partial charge < -0.3 is 15.5 Å². The Hall–Kier alpha value is -1.07. The molecule has 0 radical (unpaired) electrons. The van der Waals surface area contributed by atoms with Crippen molar-refractivity contribution in [3.63, 3.8) is 0 Å². The third-order valence-electron chi connectivity index (χ3n) is 5.31. The standard InChI is InChI=1S/C19H31N5O2S.HI/c1-16-3-5-18(6-4-16)24-9-7-17(15-24)22-19(20-2)21-8-10-23-11-13-27(25,26)14-12-23;/h3-6,17H,7-15H2,1-2H3,(H2,20,21,22);1H. The monoisotopic (exact) mass is 521 g/mol. The zero-order valence-electron chi connectivity index (χ0n) is 16.7. The number of guanidine groups is 1. The average molecular weight is 521 g/mol. The molecule has 2 saturated heterocycles. The number of hydrogen-bond acceptors (Lipinski definition) is 5. The molecule has 28 heavy (non-hydrogen) atoms. The number of aryl methyl sites for hydroxylation is 1. The van der Waals surface area contributed by atoms with E-state index in [1.54, 1.807) is 7.05 Å². The summed E-state index contributed by atoms with van der Waals surface area (Å²) in [5.41, 5.74) is 2.55. The first kappa shape index (κ1) is 23.2. The second-order valence-corrected chi connectivity index (χ2v) is 9.71. The summed E-state index contributed by atoms with van der Waals surface area (Å²) in [6.07, 6.45) is 1.08. The number of rotatable bonds is 5. The Morgan fingerprint density at radius 2 is 1.86 bits per heavy atom. The van der Waals surface area contributed by atoms with E-state index in [2.05, 4.69) is 56.6 Å². The summed E-state index contributed by atoms with van der Waals surface area (Å²) in [6.45, 7) is 6.96. The minimum Gasteiger partial charge on any atom is -0.369 e. The van der Waals surface area contributed by atoms with Crippen LogP contribution < -0.4 is 15.5 Å². The first-order valence-electron chi connectivity index (χ1n) is 9.67. The summed E-state index contributed by atoms with van der Waals surface area (Å²) in [5, 5.41) is 6.87. The molecule has 1 unspecified atom stereocenters. The fourth-order valence-corrected chi connectivity index (χ4v) is 4.84. The van der Waals surface area contributed by atoms with Crippen LogP contribution in [0.1, 0.15) is 12.0 Å². The van der Waals surface area contributed by atoms with E-state index in [9.17, 15) is 8.42 Å². The van der Waals surface area contributed by atoms with Crippen LogP contribution in [0.5, 0.6) is 0 Å². The van der Waals surface area contributed by atoms with Crippen molar-refractivity contribution in [1.82, 2.24) is 15.5 Å². The van der Waals surface area contributed by atoms with E-state index in [-0.39, 0.29) is 35.5 Å². The highest BCUT2D eigenvalue weighted by Gasteiger charge is 2.24. The van der Waals surface area contributed by atoms with Crippen molar-refractivity contribution in [3.05, 3.63) is 29.8 Å². The molecule has 1 atom stereocenters. The minimum absolute atomic E-state index is 0. The number of aliphatic imine (C=N–C) groups is 1. The molecule has 2 heterocycles. The second-order valence-electron chi connectivity index (χ2n) is 7.40. The van der Waals surface area contributed by atoms with Crippen molar-refractivity contribution in [2.24, 2.45) is 4.99 Å². The van der Waals surface area contributed by atoms with Crippen LogP contribution in [-0.4, -0.2) is 83.1 Å². The molecule has 9 heteroatoms. The molecule has 2 aliphatic heterocycles. The SMILES string of the molecule is CN=C(NCCN1CCS(=O)(=O)CC1)NC1CCN(c2ccc(C)cc2)C1.I. The van der Waals surface area contributed by atoms with Crippen molar-refractivity contribution in [3.8, 4) is 0 Å². The number of hydrogen-bond donors (Lipinski definition) is 2. The van der Waals surface area contributed by atoms with Gasteiger partial charge in [0.1, 0.15) is 0 Å². The number of nitrogens with one attached hydrogen (secondary N) is 2. The lowest BCUT2D eigenvalue weighted by molar-refractivity contribution is 0.299. The fourth-order valence-electron chi connectivity index (χ4n) is 3.56. The molecule has 2 aliphatic rings. The summed E-state index contributed by atoms with van der Waals surface area (Å²) in [7, 11) is -1.02. The Labute approximate surface area is 185 Å². The van der Waals surface area contributed by atoms with E-state index in [0.717, 1.165) is 38.6 Å². The number of benzene rings is 1. The molecular weight excluding hydrogens is 489 g/mol. The molecule has 0 spiro atoms. The van der Waals surface area contributed by atoms with Crippen LogP contribution in [0, 0.1) is 6.92 Å². The van der Waals surface area contributed by atoms with Crippen LogP contribution >= 0.6 is 24.0 Å². The van der Waals surface area contributed by atoms with Gasteiger partial charge in [0.05, 0.1) is 11.5 Å². The lowest BCUT2D eigenvalue weighted by Crippen LogP contribution is -2.48. The average Bonchev–Trinajstić information content (AvgIpc) is 3.11. The van der Waals surface area contributed by atoms with Gasteiger partial charge in [-0.15, -0.1) is 24.0 Å². The van der Waals surface area contributed by atoms with Crippen LogP contribution in [0.15, 0.2) is 29.3 Å². The molecule has 1 aromatic carbocycles.